The van der Waals surface area contributed by atoms with Gasteiger partial charge < -0.3 is 14.2 Å². The summed E-state index contributed by atoms with van der Waals surface area (Å²) in [6.45, 7) is 31.7. The Morgan fingerprint density at radius 2 is 0.976 bits per heavy atom. The van der Waals surface area contributed by atoms with Gasteiger partial charge in [-0.1, -0.05) is 78.0 Å². The summed E-state index contributed by atoms with van der Waals surface area (Å²) in [4.78, 5) is 0. The molecule has 3 saturated heterocycles. The van der Waals surface area contributed by atoms with Crippen LogP contribution in [0.15, 0.2) is 36.5 Å². The zero-order valence-corrected chi connectivity index (χ0v) is 30.7. The molecule has 3 atom stereocenters. The minimum atomic E-state index is -3.10. The van der Waals surface area contributed by atoms with E-state index >= 15 is 0 Å². The van der Waals surface area contributed by atoms with Gasteiger partial charge in [0.1, 0.15) is 10.9 Å². The Balaban J connectivity index is -0.000000484. The Hall–Kier alpha value is -0.250. The molecule has 3 rings (SSSR count). The molecule has 3 aliphatic heterocycles. The molecule has 0 aromatic heterocycles. The predicted octanol–water partition coefficient (Wildman–Crippen LogP) is 10.2. The van der Waals surface area contributed by atoms with Crippen LogP contribution in [0.5, 0.6) is 0 Å². The van der Waals surface area contributed by atoms with Gasteiger partial charge in [0.25, 0.3) is 0 Å². The molecule has 246 valence electrons. The third-order valence-electron chi connectivity index (χ3n) is 5.29. The third kappa shape index (κ3) is 28.3. The van der Waals surface area contributed by atoms with Crippen molar-refractivity contribution in [3.63, 3.8) is 0 Å². The molecule has 0 aromatic carbocycles. The van der Waals surface area contributed by atoms with Crippen molar-refractivity contribution < 1.29 is 22.6 Å². The van der Waals surface area contributed by atoms with Gasteiger partial charge in [-0.05, 0) is 78.6 Å². The van der Waals surface area contributed by atoms with E-state index in [2.05, 4.69) is 33.6 Å². The topological polar surface area (TPSA) is 61.8 Å². The summed E-state index contributed by atoms with van der Waals surface area (Å²) in [7, 11) is -3.10. The smallest absolute Gasteiger partial charge is 0.180 e. The number of hydrogen-bond donors (Lipinski definition) is 0. The van der Waals surface area contributed by atoms with Crippen LogP contribution in [-0.4, -0.2) is 61.8 Å². The highest BCUT2D eigenvalue weighted by molar-refractivity contribution is 8.00. The standard InChI is InChI=1S/C9H16O3S.2C9H16OS.3C2H6/c1-8(2)7-13(10,11)9-5-3-4-6-12-9;2*1-8(2)7-11-9-5-3-4-6-10-9;3*1-2/h9H,1,3-7H2,2H3;2*9H,1,3-7H2,2H3;3*1-2H3. The Bertz CT molecular complexity index is 687. The Morgan fingerprint density at radius 1 is 0.610 bits per heavy atom. The van der Waals surface area contributed by atoms with Crippen molar-refractivity contribution in [2.24, 2.45) is 0 Å². The fourth-order valence-electron chi connectivity index (χ4n) is 3.59. The van der Waals surface area contributed by atoms with Gasteiger partial charge in [0.05, 0.1) is 5.75 Å². The Kier molecular flexibility index (Phi) is 34.4. The highest BCUT2D eigenvalue weighted by Gasteiger charge is 2.27. The molecule has 5 nitrogen and oxygen atoms in total. The molecule has 0 spiro atoms. The van der Waals surface area contributed by atoms with Crippen LogP contribution in [0, 0.1) is 0 Å². The predicted molar refractivity (Wildman–Crippen MR) is 188 cm³/mol. The molecule has 0 aromatic rings. The van der Waals surface area contributed by atoms with E-state index in [1.54, 1.807) is 6.92 Å². The van der Waals surface area contributed by atoms with E-state index in [4.69, 9.17) is 14.2 Å². The molecule has 0 radical (unpaired) electrons. The van der Waals surface area contributed by atoms with E-state index in [1.165, 1.54) is 49.7 Å². The molecule has 3 fully saturated rings. The van der Waals surface area contributed by atoms with Crippen molar-refractivity contribution in [1.29, 1.82) is 0 Å². The summed E-state index contributed by atoms with van der Waals surface area (Å²) in [5.74, 6) is 2.15. The van der Waals surface area contributed by atoms with Crippen LogP contribution in [0.4, 0.5) is 0 Å². The molecule has 41 heavy (non-hydrogen) atoms. The van der Waals surface area contributed by atoms with Crippen LogP contribution in [0.1, 0.15) is 120 Å². The van der Waals surface area contributed by atoms with E-state index in [1.807, 2.05) is 65.1 Å². The molecule has 3 unspecified atom stereocenters. The van der Waals surface area contributed by atoms with Gasteiger partial charge in [-0.25, -0.2) is 8.42 Å². The first-order chi connectivity index (χ1) is 19.6. The van der Waals surface area contributed by atoms with E-state index in [0.29, 0.717) is 29.5 Å². The monoisotopic (exact) mass is 638 g/mol. The average molecular weight is 639 g/mol. The lowest BCUT2D eigenvalue weighted by atomic mass is 10.2. The van der Waals surface area contributed by atoms with Crippen molar-refractivity contribution in [3.8, 4) is 0 Å². The molecule has 0 N–H and O–H groups in total. The zero-order chi connectivity index (χ0) is 32.1. The van der Waals surface area contributed by atoms with Crippen LogP contribution in [0.3, 0.4) is 0 Å². The van der Waals surface area contributed by atoms with E-state index in [-0.39, 0.29) is 5.75 Å². The summed E-state index contributed by atoms with van der Waals surface area (Å²) in [6.07, 6.45) is 10.1. The van der Waals surface area contributed by atoms with E-state index < -0.39 is 15.3 Å². The van der Waals surface area contributed by atoms with Crippen LogP contribution in [0.25, 0.3) is 0 Å². The Labute approximate surface area is 265 Å². The zero-order valence-electron chi connectivity index (χ0n) is 28.2. The lowest BCUT2D eigenvalue weighted by Crippen LogP contribution is -2.30. The van der Waals surface area contributed by atoms with Gasteiger partial charge in [-0.3, -0.25) is 0 Å². The summed E-state index contributed by atoms with van der Waals surface area (Å²) >= 11 is 3.77. The highest BCUT2D eigenvalue weighted by Crippen LogP contribution is 2.25. The van der Waals surface area contributed by atoms with Crippen molar-refractivity contribution in [3.05, 3.63) is 36.5 Å². The number of thioether (sulfide) groups is 2. The minimum Gasteiger partial charge on any atom is -0.368 e. The van der Waals surface area contributed by atoms with Gasteiger partial charge in [0.15, 0.2) is 15.3 Å². The molecule has 3 aliphatic rings. The SMILES string of the molecule is C=C(C)CS(=O)(=O)C1CCCCO1.C=C(C)CSC1CCCCO1.C=C(C)CSC1CCCCO1.CC.CC.CC. The number of sulfone groups is 1. The van der Waals surface area contributed by atoms with Gasteiger partial charge in [0.2, 0.25) is 0 Å². The van der Waals surface area contributed by atoms with Crippen LogP contribution in [0.2, 0.25) is 0 Å². The molecule has 0 bridgehead atoms. The lowest BCUT2D eigenvalue weighted by molar-refractivity contribution is 0.0663. The number of hydrogen-bond acceptors (Lipinski definition) is 7. The molecular formula is C33H66O5S3. The summed E-state index contributed by atoms with van der Waals surface area (Å²) < 4.78 is 39.5. The fourth-order valence-corrected chi connectivity index (χ4v) is 7.28. The van der Waals surface area contributed by atoms with Crippen molar-refractivity contribution in [2.45, 2.75) is 136 Å². The van der Waals surface area contributed by atoms with Crippen LogP contribution in [-0.2, 0) is 24.0 Å². The molecule has 0 aliphatic carbocycles. The quantitative estimate of drug-likeness (QED) is 0.233. The van der Waals surface area contributed by atoms with Crippen molar-refractivity contribution >= 4 is 33.4 Å². The first-order valence-corrected chi connectivity index (χ1v) is 19.6. The van der Waals surface area contributed by atoms with E-state index in [0.717, 1.165) is 37.6 Å². The normalized spacial score (nSPS) is 21.5. The van der Waals surface area contributed by atoms with Crippen LogP contribution >= 0.6 is 23.5 Å². The first-order valence-electron chi connectivity index (χ1n) is 15.8. The maximum absolute atomic E-state index is 11.6. The largest absolute Gasteiger partial charge is 0.368 e. The van der Waals surface area contributed by atoms with Crippen molar-refractivity contribution in [1.82, 2.24) is 0 Å². The molecule has 8 heteroatoms. The Morgan fingerprint density at radius 3 is 1.24 bits per heavy atom. The molecular weight excluding hydrogens is 573 g/mol. The van der Waals surface area contributed by atoms with Crippen molar-refractivity contribution in [2.75, 3.05) is 37.1 Å². The van der Waals surface area contributed by atoms with Gasteiger partial charge in [0, 0.05) is 31.3 Å². The number of rotatable bonds is 9. The van der Waals surface area contributed by atoms with Gasteiger partial charge in [-0.15, -0.1) is 23.5 Å². The first kappa shape index (κ1) is 45.2. The number of ether oxygens (including phenoxy) is 3. The molecule has 3 heterocycles. The molecule has 0 amide bonds. The molecule has 0 saturated carbocycles. The lowest BCUT2D eigenvalue weighted by Gasteiger charge is -2.22. The second-order valence-corrected chi connectivity index (χ2v) is 14.1. The summed E-state index contributed by atoms with van der Waals surface area (Å²) in [6, 6.07) is 0. The maximum atomic E-state index is 11.6. The maximum Gasteiger partial charge on any atom is 0.180 e. The summed E-state index contributed by atoms with van der Waals surface area (Å²) in [5.41, 5.74) is 3.46. The minimum absolute atomic E-state index is 0.0532. The second-order valence-electron chi connectivity index (χ2n) is 9.69. The van der Waals surface area contributed by atoms with E-state index in [9.17, 15) is 8.42 Å². The third-order valence-corrected chi connectivity index (χ3v) is 10.2. The highest BCUT2D eigenvalue weighted by atomic mass is 32.2. The van der Waals surface area contributed by atoms with Gasteiger partial charge in [-0.2, -0.15) is 0 Å². The second kappa shape index (κ2) is 31.2. The summed E-state index contributed by atoms with van der Waals surface area (Å²) in [5, 5.41) is 0. The average Bonchev–Trinajstić information content (AvgIpc) is 3.00. The van der Waals surface area contributed by atoms with Crippen LogP contribution < -0.4 is 0 Å². The fraction of sp³-hybridized carbons (Fsp3) is 0.818. The van der Waals surface area contributed by atoms with Gasteiger partial charge >= 0.3 is 0 Å².